The van der Waals surface area contributed by atoms with E-state index >= 15 is 0 Å². The van der Waals surface area contributed by atoms with Crippen molar-refractivity contribution in [3.63, 3.8) is 0 Å². The summed E-state index contributed by atoms with van der Waals surface area (Å²) in [6.07, 6.45) is 13.1. The van der Waals surface area contributed by atoms with Crippen LogP contribution in [0.4, 0.5) is 21.2 Å². The number of aromatic amines is 2. The predicted octanol–water partition coefficient (Wildman–Crippen LogP) is 5.23. The molecule has 15 nitrogen and oxygen atoms in total. The van der Waals surface area contributed by atoms with Gasteiger partial charge in [-0.1, -0.05) is 7.43 Å². The van der Waals surface area contributed by atoms with Crippen molar-refractivity contribution in [3.05, 3.63) is 37.2 Å². The highest BCUT2D eigenvalue weighted by Gasteiger charge is 2.44. The summed E-state index contributed by atoms with van der Waals surface area (Å²) in [4.78, 5) is 52.5. The van der Waals surface area contributed by atoms with Crippen LogP contribution in [0.25, 0.3) is 22.1 Å². The van der Waals surface area contributed by atoms with E-state index in [1.807, 2.05) is 23.4 Å². The first-order valence-electron chi connectivity index (χ1n) is 16.8. The van der Waals surface area contributed by atoms with Gasteiger partial charge in [0.2, 0.25) is 0 Å². The van der Waals surface area contributed by atoms with Gasteiger partial charge in [0.15, 0.2) is 0 Å². The van der Waals surface area contributed by atoms with Crippen molar-refractivity contribution in [3.8, 4) is 0 Å². The summed E-state index contributed by atoms with van der Waals surface area (Å²) in [5, 5.41) is 2.18. The molecule has 4 atom stereocenters. The quantitative estimate of drug-likeness (QED) is 0.181. The van der Waals surface area contributed by atoms with Gasteiger partial charge in [-0.3, -0.25) is 4.90 Å². The third-order valence-corrected chi connectivity index (χ3v) is 9.69. The van der Waals surface area contributed by atoms with Crippen LogP contribution < -0.4 is 9.80 Å². The van der Waals surface area contributed by atoms with Crippen molar-refractivity contribution < 1.29 is 28.5 Å². The van der Waals surface area contributed by atoms with Gasteiger partial charge in [-0.15, -0.1) is 0 Å². The summed E-state index contributed by atoms with van der Waals surface area (Å²) >= 11 is 4.80. The van der Waals surface area contributed by atoms with Crippen molar-refractivity contribution in [2.45, 2.75) is 51.6 Å². The zero-order valence-corrected chi connectivity index (χ0v) is 28.7. The molecule has 8 rings (SSSR count). The molecule has 16 heteroatoms. The highest BCUT2D eigenvalue weighted by molar-refractivity contribution is 6.61. The number of methoxy groups -OCH3 is 2. The van der Waals surface area contributed by atoms with E-state index in [0.717, 1.165) is 71.5 Å². The fraction of sp³-hybridized carbons (Fsp3) is 0.588. The summed E-state index contributed by atoms with van der Waals surface area (Å²) in [5.74, 6) is 3.83. The van der Waals surface area contributed by atoms with E-state index in [4.69, 9.17) is 21.1 Å². The lowest BCUT2D eigenvalue weighted by Crippen LogP contribution is -2.56. The SMILES string of the molecule is C.COCCOC(=O)Cl.COCCOC(=O)N1C2CCC1CN(c1ncnc3[nH]ccc13)C2.c1nc(N2CC3CCC(C3)C2)c2cc[nH]c2n1. The lowest BCUT2D eigenvalue weighted by atomic mass is 9.99. The number of hydrogen-bond acceptors (Lipinski definition) is 12. The maximum atomic E-state index is 12.3. The molecule has 4 bridgehead atoms. The Labute approximate surface area is 297 Å². The topological polar surface area (TPSA) is 164 Å². The maximum Gasteiger partial charge on any atom is 0.410 e. The molecule has 4 unspecified atom stereocenters. The van der Waals surface area contributed by atoms with Gasteiger partial charge in [0, 0.05) is 64.4 Å². The summed E-state index contributed by atoms with van der Waals surface area (Å²) in [6.45, 7) is 5.22. The first kappa shape index (κ1) is 37.1. The van der Waals surface area contributed by atoms with E-state index in [1.165, 1.54) is 39.5 Å². The Morgan fingerprint density at radius 2 is 1.24 bits per heavy atom. The minimum absolute atomic E-state index is 0. The van der Waals surface area contributed by atoms with Gasteiger partial charge in [-0.2, -0.15) is 0 Å². The first-order chi connectivity index (χ1) is 23.9. The molecule has 3 saturated heterocycles. The number of H-pyrrole nitrogens is 2. The van der Waals surface area contributed by atoms with Gasteiger partial charge in [0.05, 0.1) is 36.1 Å². The molecule has 0 spiro atoms. The third-order valence-electron chi connectivity index (χ3n) is 9.58. The monoisotopic (exact) mass is 713 g/mol. The molecule has 4 aromatic rings. The van der Waals surface area contributed by atoms with Gasteiger partial charge in [0.25, 0.3) is 0 Å². The first-order valence-corrected chi connectivity index (χ1v) is 17.1. The molecule has 4 aromatic heterocycles. The second kappa shape index (κ2) is 17.6. The number of rotatable bonds is 8. The molecule has 1 aliphatic carbocycles. The molecule has 1 saturated carbocycles. The van der Waals surface area contributed by atoms with Gasteiger partial charge >= 0.3 is 11.5 Å². The zero-order chi connectivity index (χ0) is 34.2. The lowest BCUT2D eigenvalue weighted by molar-refractivity contribution is 0.0561. The Kier molecular flexibility index (Phi) is 13.1. The minimum atomic E-state index is -0.790. The van der Waals surface area contributed by atoms with Crippen LogP contribution >= 0.6 is 11.6 Å². The molecule has 3 aliphatic heterocycles. The smallest absolute Gasteiger partial charge is 0.410 e. The fourth-order valence-electron chi connectivity index (χ4n) is 7.47. The van der Waals surface area contributed by atoms with E-state index < -0.39 is 5.43 Å². The summed E-state index contributed by atoms with van der Waals surface area (Å²) < 4.78 is 19.1. The van der Waals surface area contributed by atoms with Crippen molar-refractivity contribution >= 4 is 56.8 Å². The Morgan fingerprint density at radius 1 is 0.740 bits per heavy atom. The van der Waals surface area contributed by atoms with Crippen LogP contribution in [0, 0.1) is 11.8 Å². The molecule has 1 amide bonds. The van der Waals surface area contributed by atoms with Crippen LogP contribution in [0.3, 0.4) is 0 Å². The molecule has 2 N–H and O–H groups in total. The van der Waals surface area contributed by atoms with Crippen molar-refractivity contribution in [2.75, 3.05) is 76.6 Å². The maximum absolute atomic E-state index is 12.3. The molecular formula is C34H48ClN9O6. The number of nitrogens with zero attached hydrogens (tertiary/aromatic N) is 7. The van der Waals surface area contributed by atoms with Crippen LogP contribution in [0.5, 0.6) is 0 Å². The standard InChI is InChI=1S/C16H21N5O3.C13H16N4.C4H7ClO3.CH4/c1-23-6-7-24-16(22)21-11-2-3-12(21)9-20(8-11)15-13-4-5-17-14(13)18-10-19-15;1-2-10-5-9(1)6-17(7-10)13-11-3-4-14-12(11)15-8-16-13;1-7-2-3-8-4(5)6;/h4-5,10-12H,2-3,6-9H2,1H3,(H,17,18,19);3-4,8-10H,1-2,5-7H2,(H,14,15,16);2-3H2,1H3;1H4. The van der Waals surface area contributed by atoms with E-state index in [2.05, 4.69) is 55.2 Å². The lowest BCUT2D eigenvalue weighted by Gasteiger charge is -2.40. The highest BCUT2D eigenvalue weighted by Crippen LogP contribution is 2.39. The third kappa shape index (κ3) is 8.74. The molecule has 50 heavy (non-hydrogen) atoms. The largest absolute Gasteiger partial charge is 0.451 e. The molecule has 4 fully saturated rings. The number of anilines is 2. The second-order valence-corrected chi connectivity index (χ2v) is 13.0. The Morgan fingerprint density at radius 3 is 1.74 bits per heavy atom. The molecule has 7 heterocycles. The van der Waals surface area contributed by atoms with E-state index in [9.17, 15) is 9.59 Å². The van der Waals surface area contributed by atoms with Gasteiger partial charge < -0.3 is 38.7 Å². The van der Waals surface area contributed by atoms with Crippen LogP contribution in [-0.4, -0.2) is 125 Å². The number of halogens is 1. The number of nitrogens with one attached hydrogen (secondary N) is 2. The summed E-state index contributed by atoms with van der Waals surface area (Å²) in [6, 6.07) is 4.42. The zero-order valence-electron chi connectivity index (χ0n) is 27.9. The Balaban J connectivity index is 0.000000163. The van der Waals surface area contributed by atoms with E-state index in [1.54, 1.807) is 19.8 Å². The van der Waals surface area contributed by atoms with Gasteiger partial charge in [0.1, 0.15) is 48.8 Å². The molecule has 0 aromatic carbocycles. The van der Waals surface area contributed by atoms with Crippen LogP contribution in [0.1, 0.15) is 39.5 Å². The Hall–Kier alpha value is -4.21. The number of ether oxygens (including phenoxy) is 4. The van der Waals surface area contributed by atoms with Crippen molar-refractivity contribution in [1.82, 2.24) is 34.8 Å². The number of carbonyl (C=O) groups excluding carboxylic acids is 2. The summed E-state index contributed by atoms with van der Waals surface area (Å²) in [7, 11) is 3.11. The number of aromatic nitrogens is 6. The number of piperidine rings is 1. The molecule has 4 aliphatic rings. The van der Waals surface area contributed by atoms with Crippen LogP contribution in [0.15, 0.2) is 37.2 Å². The van der Waals surface area contributed by atoms with Crippen molar-refractivity contribution in [1.29, 1.82) is 0 Å². The number of carbonyl (C=O) groups is 2. The molecule has 272 valence electrons. The van der Waals surface area contributed by atoms with Gasteiger partial charge in [-0.25, -0.2) is 29.5 Å². The Bertz CT molecular complexity index is 1660. The molecule has 0 radical (unpaired) electrons. The average molecular weight is 714 g/mol. The van der Waals surface area contributed by atoms with E-state index in [-0.39, 0.29) is 32.2 Å². The number of hydrogen-bond donors (Lipinski definition) is 2. The summed E-state index contributed by atoms with van der Waals surface area (Å²) in [5.41, 5.74) is 1.00. The molecular weight excluding hydrogens is 666 g/mol. The fourth-order valence-corrected chi connectivity index (χ4v) is 7.55. The number of fused-ring (bicyclic) bond motifs is 6. The highest BCUT2D eigenvalue weighted by atomic mass is 35.5. The predicted molar refractivity (Wildman–Crippen MR) is 191 cm³/mol. The van der Waals surface area contributed by atoms with Crippen molar-refractivity contribution in [2.24, 2.45) is 11.8 Å². The number of amides is 1. The second-order valence-electron chi connectivity index (χ2n) is 12.7. The average Bonchev–Trinajstić information content (AvgIpc) is 3.91. The minimum Gasteiger partial charge on any atom is -0.451 e. The normalized spacial score (nSPS) is 21.9. The van der Waals surface area contributed by atoms with Gasteiger partial charge in [-0.05, 0) is 56.1 Å². The number of piperazine rings is 1. The van der Waals surface area contributed by atoms with Crippen LogP contribution in [0.2, 0.25) is 0 Å². The van der Waals surface area contributed by atoms with Crippen LogP contribution in [-0.2, 0) is 18.9 Å². The van der Waals surface area contributed by atoms with E-state index in [0.29, 0.717) is 19.8 Å².